The van der Waals surface area contributed by atoms with Gasteiger partial charge in [-0.15, -0.1) is 0 Å². The number of nitrogens with zero attached hydrogens (tertiary/aromatic N) is 1. The summed E-state index contributed by atoms with van der Waals surface area (Å²) in [6.45, 7) is 7.35. The Morgan fingerprint density at radius 2 is 2.12 bits per heavy atom. The van der Waals surface area contributed by atoms with Crippen LogP contribution in [0.1, 0.15) is 31.5 Å². The fourth-order valence-corrected chi connectivity index (χ4v) is 2.43. The third-order valence-corrected chi connectivity index (χ3v) is 3.15. The zero-order chi connectivity index (χ0) is 12.4. The topological polar surface area (TPSA) is 30.9 Å². The molecule has 2 rings (SSSR count). The van der Waals surface area contributed by atoms with E-state index in [1.165, 1.54) is 16.5 Å². The summed E-state index contributed by atoms with van der Waals surface area (Å²) in [4.78, 5) is 0. The van der Waals surface area contributed by atoms with Gasteiger partial charge in [-0.05, 0) is 38.0 Å². The predicted octanol–water partition coefficient (Wildman–Crippen LogP) is 3.98. The lowest BCUT2D eigenvalue weighted by Gasteiger charge is -2.06. The van der Waals surface area contributed by atoms with E-state index in [2.05, 4.69) is 42.7 Å². The van der Waals surface area contributed by atoms with Crippen molar-refractivity contribution in [3.05, 3.63) is 35.5 Å². The van der Waals surface area contributed by atoms with Gasteiger partial charge in [0.1, 0.15) is 0 Å². The minimum absolute atomic E-state index is 0.907. The zero-order valence-electron chi connectivity index (χ0n) is 10.8. The largest absolute Gasteiger partial charge is 0.396 e. The van der Waals surface area contributed by atoms with Gasteiger partial charge in [0.15, 0.2) is 0 Å². The van der Waals surface area contributed by atoms with Crippen LogP contribution in [0.2, 0.25) is 0 Å². The second-order valence-corrected chi connectivity index (χ2v) is 4.42. The van der Waals surface area contributed by atoms with Crippen molar-refractivity contribution in [1.82, 2.24) is 4.57 Å². The number of hydrogen-bond acceptors (Lipinski definition) is 1. The number of rotatable bonds is 3. The molecule has 0 atom stereocenters. The summed E-state index contributed by atoms with van der Waals surface area (Å²) in [7, 11) is 0. The summed E-state index contributed by atoms with van der Waals surface area (Å²) in [5, 5.41) is 1.20. The maximum absolute atomic E-state index is 6.28. The highest BCUT2D eigenvalue weighted by molar-refractivity contribution is 5.99. The van der Waals surface area contributed by atoms with Crippen LogP contribution in [0.3, 0.4) is 0 Å². The molecule has 0 bridgehead atoms. The molecule has 0 radical (unpaired) electrons. The van der Waals surface area contributed by atoms with Crippen molar-refractivity contribution in [3.63, 3.8) is 0 Å². The van der Waals surface area contributed by atoms with Gasteiger partial charge in [-0.2, -0.15) is 0 Å². The molecule has 1 aromatic heterocycles. The molecule has 2 N–H and O–H groups in total. The van der Waals surface area contributed by atoms with Gasteiger partial charge in [0.05, 0.1) is 16.9 Å². The Hall–Kier alpha value is -1.70. The zero-order valence-corrected chi connectivity index (χ0v) is 10.8. The Kier molecular flexibility index (Phi) is 3.23. The Morgan fingerprint density at radius 3 is 2.76 bits per heavy atom. The van der Waals surface area contributed by atoms with E-state index in [9.17, 15) is 0 Å². The van der Waals surface area contributed by atoms with Crippen LogP contribution in [0.5, 0.6) is 0 Å². The molecular weight excluding hydrogens is 208 g/mol. The fourth-order valence-electron chi connectivity index (χ4n) is 2.43. The van der Waals surface area contributed by atoms with Crippen LogP contribution in [0.4, 0.5) is 5.69 Å². The molecule has 0 aliphatic rings. The molecule has 0 unspecified atom stereocenters. The lowest BCUT2D eigenvalue weighted by molar-refractivity contribution is 0.699. The highest BCUT2D eigenvalue weighted by atomic mass is 15.0. The van der Waals surface area contributed by atoms with Gasteiger partial charge in [-0.3, -0.25) is 0 Å². The Morgan fingerprint density at radius 1 is 1.35 bits per heavy atom. The van der Waals surface area contributed by atoms with E-state index in [0.717, 1.165) is 24.3 Å². The number of aromatic nitrogens is 1. The van der Waals surface area contributed by atoms with Crippen molar-refractivity contribution < 1.29 is 0 Å². The highest BCUT2D eigenvalue weighted by Crippen LogP contribution is 2.32. The van der Waals surface area contributed by atoms with E-state index >= 15 is 0 Å². The lowest BCUT2D eigenvalue weighted by Crippen LogP contribution is -1.99. The van der Waals surface area contributed by atoms with Gasteiger partial charge >= 0.3 is 0 Å². The number of nitrogens with two attached hydrogens (primary N) is 1. The summed E-state index contributed by atoms with van der Waals surface area (Å²) in [5.74, 6) is 0. The van der Waals surface area contributed by atoms with E-state index in [1.54, 1.807) is 0 Å². The van der Waals surface area contributed by atoms with Crippen LogP contribution >= 0.6 is 0 Å². The number of aryl methyl sites for hydroxylation is 2. The minimum atomic E-state index is 0.907. The van der Waals surface area contributed by atoms with E-state index in [4.69, 9.17) is 5.73 Å². The Labute approximate surface area is 103 Å². The third kappa shape index (κ3) is 1.84. The van der Waals surface area contributed by atoms with Crippen LogP contribution in [-0.4, -0.2) is 4.57 Å². The van der Waals surface area contributed by atoms with Crippen LogP contribution in [0, 0.1) is 6.92 Å². The van der Waals surface area contributed by atoms with Crippen molar-refractivity contribution >= 4 is 22.7 Å². The van der Waals surface area contributed by atoms with E-state index in [1.807, 2.05) is 13.0 Å². The molecule has 0 saturated heterocycles. The first-order valence-corrected chi connectivity index (χ1v) is 6.20. The van der Waals surface area contributed by atoms with Crippen molar-refractivity contribution in [2.75, 3.05) is 5.73 Å². The number of fused-ring (bicyclic) bond motifs is 1. The number of anilines is 1. The summed E-state index contributed by atoms with van der Waals surface area (Å²) in [6, 6.07) is 6.37. The third-order valence-electron chi connectivity index (χ3n) is 3.15. The molecule has 0 amide bonds. The van der Waals surface area contributed by atoms with E-state index < -0.39 is 0 Å². The molecular formula is C15H20N2. The van der Waals surface area contributed by atoms with Gasteiger partial charge < -0.3 is 10.3 Å². The maximum atomic E-state index is 6.28. The maximum Gasteiger partial charge on any atom is 0.0652 e. The lowest BCUT2D eigenvalue weighted by atomic mass is 10.1. The standard InChI is InChI=1S/C15H20N2/c1-4-7-13-15(16)14-11(3)8-6-9-12(14)17(13)10-5-2/h4,6-9H,5,10,16H2,1-3H3/b7-4-. The molecule has 0 aliphatic carbocycles. The number of nitrogen functional groups attached to an aromatic ring is 1. The highest BCUT2D eigenvalue weighted by Gasteiger charge is 2.13. The molecule has 2 aromatic rings. The number of allylic oxidation sites excluding steroid dienone is 1. The van der Waals surface area contributed by atoms with E-state index in [-0.39, 0.29) is 0 Å². The molecule has 1 aromatic carbocycles. The average Bonchev–Trinajstić information content (AvgIpc) is 2.57. The fraction of sp³-hybridized carbons (Fsp3) is 0.333. The predicted molar refractivity (Wildman–Crippen MR) is 76.1 cm³/mol. The van der Waals surface area contributed by atoms with Crippen LogP contribution in [0.15, 0.2) is 24.3 Å². The Bertz CT molecular complexity index is 562. The molecule has 0 aliphatic heterocycles. The SMILES string of the molecule is C/C=C\c1c(N)c2c(C)cccc2n1CCC. The van der Waals surface area contributed by atoms with Crippen LogP contribution in [-0.2, 0) is 6.54 Å². The first-order valence-electron chi connectivity index (χ1n) is 6.20. The first kappa shape index (κ1) is 11.8. The van der Waals surface area contributed by atoms with Gasteiger partial charge in [0.25, 0.3) is 0 Å². The monoisotopic (exact) mass is 228 g/mol. The van der Waals surface area contributed by atoms with E-state index in [0.29, 0.717) is 0 Å². The number of hydrogen-bond donors (Lipinski definition) is 1. The molecule has 90 valence electrons. The van der Waals surface area contributed by atoms with Crippen molar-refractivity contribution in [2.45, 2.75) is 33.7 Å². The summed E-state index contributed by atoms with van der Waals surface area (Å²) >= 11 is 0. The molecule has 17 heavy (non-hydrogen) atoms. The molecule has 0 spiro atoms. The summed E-state index contributed by atoms with van der Waals surface area (Å²) in [6.07, 6.45) is 5.26. The molecule has 0 saturated carbocycles. The van der Waals surface area contributed by atoms with Crippen LogP contribution < -0.4 is 5.73 Å². The summed E-state index contributed by atoms with van der Waals surface area (Å²) in [5.41, 5.74) is 10.8. The van der Waals surface area contributed by atoms with Gasteiger partial charge in [0, 0.05) is 11.9 Å². The smallest absolute Gasteiger partial charge is 0.0652 e. The molecule has 2 nitrogen and oxygen atoms in total. The number of benzene rings is 1. The quantitative estimate of drug-likeness (QED) is 0.846. The van der Waals surface area contributed by atoms with Gasteiger partial charge in [-0.25, -0.2) is 0 Å². The van der Waals surface area contributed by atoms with Crippen molar-refractivity contribution in [2.24, 2.45) is 0 Å². The van der Waals surface area contributed by atoms with Gasteiger partial charge in [-0.1, -0.05) is 25.1 Å². The molecule has 0 fully saturated rings. The summed E-state index contributed by atoms with van der Waals surface area (Å²) < 4.78 is 2.32. The average molecular weight is 228 g/mol. The normalized spacial score (nSPS) is 11.7. The first-order chi connectivity index (χ1) is 8.20. The van der Waals surface area contributed by atoms with Gasteiger partial charge in [0.2, 0.25) is 0 Å². The molecule has 2 heteroatoms. The minimum Gasteiger partial charge on any atom is -0.396 e. The Balaban J connectivity index is 2.82. The van der Waals surface area contributed by atoms with Crippen molar-refractivity contribution in [1.29, 1.82) is 0 Å². The second kappa shape index (κ2) is 4.66. The molecule has 1 heterocycles. The second-order valence-electron chi connectivity index (χ2n) is 4.42. The van der Waals surface area contributed by atoms with Crippen molar-refractivity contribution in [3.8, 4) is 0 Å². The van der Waals surface area contributed by atoms with Crippen LogP contribution in [0.25, 0.3) is 17.0 Å².